The summed E-state index contributed by atoms with van der Waals surface area (Å²) in [4.78, 5) is 92.8. The van der Waals surface area contributed by atoms with Crippen molar-refractivity contribution in [1.82, 2.24) is 40.1 Å². The van der Waals surface area contributed by atoms with Gasteiger partial charge in [-0.3, -0.25) is 19.3 Å². The predicted molar refractivity (Wildman–Crippen MR) is 274 cm³/mol. The molecule has 3 saturated heterocycles. The molecule has 11 rings (SSSR count). The fraction of sp³-hybridized carbons (Fsp3) is 0.281. The van der Waals surface area contributed by atoms with Gasteiger partial charge in [-0.1, -0.05) is 116 Å². The van der Waals surface area contributed by atoms with Crippen LogP contribution in [0.1, 0.15) is 59.9 Å². The summed E-state index contributed by atoms with van der Waals surface area (Å²) in [6.07, 6.45) is 2.34. The van der Waals surface area contributed by atoms with E-state index in [0.717, 1.165) is 16.0 Å². The molecule has 1 spiro atoms. The van der Waals surface area contributed by atoms with E-state index in [0.29, 0.717) is 41.2 Å². The highest BCUT2D eigenvalue weighted by molar-refractivity contribution is 6.25. The Morgan fingerprint density at radius 3 is 2.19 bits per heavy atom. The van der Waals surface area contributed by atoms with Crippen molar-refractivity contribution in [1.29, 1.82) is 0 Å². The first kappa shape index (κ1) is 48.3. The van der Waals surface area contributed by atoms with Crippen molar-refractivity contribution < 1.29 is 38.6 Å². The molecular formula is C57H52N10O8. The Kier molecular flexibility index (Phi) is 12.8. The van der Waals surface area contributed by atoms with Gasteiger partial charge in [-0.05, 0) is 76.7 Å². The van der Waals surface area contributed by atoms with Gasteiger partial charge < -0.3 is 29.7 Å². The van der Waals surface area contributed by atoms with Crippen LogP contribution >= 0.6 is 0 Å². The zero-order chi connectivity index (χ0) is 52.0. The number of cyclic esters (lactones) is 1. The number of amides is 4. The van der Waals surface area contributed by atoms with Crippen molar-refractivity contribution in [3.63, 3.8) is 0 Å². The lowest BCUT2D eigenvalue weighted by Gasteiger charge is -2.46. The molecule has 4 aliphatic rings. The molecule has 378 valence electrons. The summed E-state index contributed by atoms with van der Waals surface area (Å²) >= 11 is 0. The van der Waals surface area contributed by atoms with Gasteiger partial charge in [-0.15, -0.1) is 5.10 Å². The molecule has 5 aromatic carbocycles. The number of esters is 2. The first-order chi connectivity index (χ1) is 36.5. The molecule has 0 bridgehead atoms. The molecule has 0 unspecified atom stereocenters. The fourth-order valence-corrected chi connectivity index (χ4v) is 11.5. The van der Waals surface area contributed by atoms with E-state index in [4.69, 9.17) is 9.47 Å². The summed E-state index contributed by atoms with van der Waals surface area (Å²) in [6.45, 7) is 4.65. The number of ether oxygens (including phenoxy) is 2. The summed E-state index contributed by atoms with van der Waals surface area (Å²) in [5, 5.41) is 22.2. The molecule has 3 fully saturated rings. The minimum Gasteiger partial charge on any atom is -0.508 e. The van der Waals surface area contributed by atoms with E-state index in [1.54, 1.807) is 72.2 Å². The molecule has 0 aliphatic carbocycles. The van der Waals surface area contributed by atoms with Crippen LogP contribution in [0.25, 0.3) is 11.0 Å². The molecule has 7 atom stereocenters. The van der Waals surface area contributed by atoms with Gasteiger partial charge in [0.15, 0.2) is 0 Å². The SMILES string of the molecule is COC(=O)[C@@H](NC(=O)N1C(=O)[C@@]2(c3cc(C#CCn4nnc5ccccc54)ccc31)[C@H](c1ccc(O)cc1)N1[C@H](c3ccccc3)[C@H](c3ccccc3)OC(=O)[C@H]1[C@@H]2C(=O)N1CCN(c2ncccn2)CC1)C(C)C. The number of imide groups is 1. The van der Waals surface area contributed by atoms with Crippen LogP contribution in [0.2, 0.25) is 0 Å². The van der Waals surface area contributed by atoms with E-state index in [2.05, 4.69) is 37.4 Å². The van der Waals surface area contributed by atoms with Crippen molar-refractivity contribution in [3.05, 3.63) is 174 Å². The number of aromatic hydroxyl groups is 1. The number of fused-ring (bicyclic) bond motifs is 4. The maximum Gasteiger partial charge on any atom is 0.329 e. The number of phenols is 1. The van der Waals surface area contributed by atoms with Crippen LogP contribution in [0, 0.1) is 23.7 Å². The summed E-state index contributed by atoms with van der Waals surface area (Å²) < 4.78 is 13.4. The smallest absolute Gasteiger partial charge is 0.329 e. The molecule has 18 nitrogen and oxygen atoms in total. The van der Waals surface area contributed by atoms with Crippen molar-refractivity contribution in [3.8, 4) is 17.6 Å². The number of hydrogen-bond donors (Lipinski definition) is 2. The number of phenolic OH excluding ortho intramolecular Hbond substituents is 1. The number of carbonyl (C=O) groups is 5. The Bertz CT molecular complexity index is 3380. The van der Waals surface area contributed by atoms with Crippen LogP contribution in [-0.2, 0) is 40.6 Å². The van der Waals surface area contributed by atoms with Gasteiger partial charge in [-0.25, -0.2) is 29.1 Å². The van der Waals surface area contributed by atoms with E-state index < -0.39 is 77.3 Å². The van der Waals surface area contributed by atoms with Crippen LogP contribution in [0.4, 0.5) is 16.4 Å². The van der Waals surface area contributed by atoms with Gasteiger partial charge in [0, 0.05) is 44.1 Å². The summed E-state index contributed by atoms with van der Waals surface area (Å²) in [5.41, 5.74) is 2.04. The Morgan fingerprint density at radius 1 is 0.813 bits per heavy atom. The number of anilines is 2. The van der Waals surface area contributed by atoms with Crippen molar-refractivity contribution in [2.75, 3.05) is 43.1 Å². The lowest BCUT2D eigenvalue weighted by Crippen LogP contribution is -2.60. The molecule has 0 saturated carbocycles. The molecule has 2 N–H and O–H groups in total. The van der Waals surface area contributed by atoms with Crippen molar-refractivity contribution >= 4 is 52.5 Å². The minimum atomic E-state index is -2.11. The number of carbonyl (C=O) groups excluding carboxylic acids is 5. The highest BCUT2D eigenvalue weighted by atomic mass is 16.6. The van der Waals surface area contributed by atoms with Crippen LogP contribution < -0.4 is 15.1 Å². The summed E-state index contributed by atoms with van der Waals surface area (Å²) in [6, 6.07) is 33.8. The molecule has 2 aromatic heterocycles. The lowest BCUT2D eigenvalue weighted by molar-refractivity contribution is -0.179. The van der Waals surface area contributed by atoms with Gasteiger partial charge in [-0.2, -0.15) is 0 Å². The average molecular weight is 1010 g/mol. The Labute approximate surface area is 431 Å². The predicted octanol–water partition coefficient (Wildman–Crippen LogP) is 5.90. The van der Waals surface area contributed by atoms with E-state index in [9.17, 15) is 9.90 Å². The molecule has 0 radical (unpaired) electrons. The third kappa shape index (κ3) is 8.34. The average Bonchev–Trinajstić information content (AvgIpc) is 4.30. The largest absolute Gasteiger partial charge is 0.508 e. The van der Waals surface area contributed by atoms with Gasteiger partial charge in [0.25, 0.3) is 0 Å². The van der Waals surface area contributed by atoms with Crippen LogP contribution in [0.15, 0.2) is 146 Å². The Balaban J connectivity index is 1.15. The molecule has 18 heteroatoms. The van der Waals surface area contributed by atoms with E-state index in [1.807, 2.05) is 94.7 Å². The number of nitrogens with one attached hydrogen (secondary N) is 1. The van der Waals surface area contributed by atoms with Crippen LogP contribution in [0.3, 0.4) is 0 Å². The number of benzene rings is 5. The second-order valence-corrected chi connectivity index (χ2v) is 19.3. The lowest BCUT2D eigenvalue weighted by atomic mass is 9.64. The maximum atomic E-state index is 16.8. The van der Waals surface area contributed by atoms with Gasteiger partial charge >= 0.3 is 18.0 Å². The number of methoxy groups -OCH3 is 1. The normalized spacial score (nSPS) is 22.6. The monoisotopic (exact) mass is 1000 g/mol. The third-order valence-corrected chi connectivity index (χ3v) is 14.8. The first-order valence-electron chi connectivity index (χ1n) is 24.8. The zero-order valence-electron chi connectivity index (χ0n) is 41.3. The van der Waals surface area contributed by atoms with Crippen LogP contribution in [-0.4, -0.2) is 115 Å². The number of rotatable bonds is 9. The quantitative estimate of drug-likeness (QED) is 0.128. The number of para-hydroxylation sites is 1. The minimum absolute atomic E-state index is 0.0607. The number of piperazine rings is 1. The molecule has 7 aromatic rings. The zero-order valence-corrected chi connectivity index (χ0v) is 41.3. The Hall–Kier alpha value is -8.95. The van der Waals surface area contributed by atoms with Gasteiger partial charge in [0.05, 0.1) is 36.3 Å². The Morgan fingerprint density at radius 2 is 1.49 bits per heavy atom. The molecule has 4 amide bonds. The maximum absolute atomic E-state index is 16.8. The number of aromatic nitrogens is 5. The van der Waals surface area contributed by atoms with Crippen molar-refractivity contribution in [2.45, 2.75) is 56.1 Å². The highest BCUT2D eigenvalue weighted by Gasteiger charge is 2.76. The number of nitrogens with zero attached hydrogens (tertiary/aromatic N) is 9. The second-order valence-electron chi connectivity index (χ2n) is 19.3. The van der Waals surface area contributed by atoms with E-state index in [-0.39, 0.29) is 36.6 Å². The molecule has 4 aliphatic heterocycles. The fourth-order valence-electron chi connectivity index (χ4n) is 11.5. The van der Waals surface area contributed by atoms with Gasteiger partial charge in [0.1, 0.15) is 41.4 Å². The standard InChI is InChI=1S/C57H52N10O8/c1-35(2)46(52(70)74-3)60-56(73)66-43-26-21-36(14-12-29-65-44-20-11-10-19-42(44)61-62-65)34-41(43)57(54(66)72)45(51(69)63-30-32-64(33-31-63)55-58-27-13-28-59-55)48-53(71)75-49(38-17-8-5-9-18-38)47(37-15-6-4-7-16-37)67(48)50(57)39-22-24-40(68)25-23-39/h4-11,13,15-28,34-35,45-50,68H,29-33H2,1-3H3,(H,60,73)/t45-,46+,47-,48-,49+,50+,57-/m1/s1. The summed E-state index contributed by atoms with van der Waals surface area (Å²) in [7, 11) is 1.22. The topological polar surface area (TPSA) is 206 Å². The summed E-state index contributed by atoms with van der Waals surface area (Å²) in [5.74, 6) is 2.07. The van der Waals surface area contributed by atoms with Crippen molar-refractivity contribution in [2.24, 2.45) is 11.8 Å². The molecule has 75 heavy (non-hydrogen) atoms. The number of hydrogen-bond acceptors (Lipinski definition) is 14. The third-order valence-electron chi connectivity index (χ3n) is 14.8. The number of morpholine rings is 1. The molecular weight excluding hydrogens is 953 g/mol. The number of urea groups is 1. The highest BCUT2D eigenvalue weighted by Crippen LogP contribution is 2.66. The second kappa shape index (κ2) is 19.8. The van der Waals surface area contributed by atoms with E-state index in [1.165, 1.54) is 19.2 Å². The van der Waals surface area contributed by atoms with Gasteiger partial charge in [0.2, 0.25) is 17.8 Å². The van der Waals surface area contributed by atoms with Crippen LogP contribution in [0.5, 0.6) is 5.75 Å². The van der Waals surface area contributed by atoms with E-state index >= 15 is 19.2 Å². The molecule has 6 heterocycles. The first-order valence-corrected chi connectivity index (χ1v) is 24.8.